The van der Waals surface area contributed by atoms with E-state index < -0.39 is 17.8 Å². The molecule has 8 nitrogen and oxygen atoms in total. The van der Waals surface area contributed by atoms with Crippen molar-refractivity contribution in [3.05, 3.63) is 63.0 Å². The Morgan fingerprint density at radius 1 is 1.07 bits per heavy atom. The van der Waals surface area contributed by atoms with E-state index >= 15 is 0 Å². The first-order valence-electron chi connectivity index (χ1n) is 15.1. The van der Waals surface area contributed by atoms with Gasteiger partial charge in [0.1, 0.15) is 40.4 Å². The van der Waals surface area contributed by atoms with Crippen LogP contribution in [0.15, 0.2) is 39.5 Å². The van der Waals surface area contributed by atoms with Gasteiger partial charge >= 0.3 is 0 Å². The molecule has 8 heteroatoms. The highest BCUT2D eigenvalue weighted by atomic mass is 16.5. The Morgan fingerprint density at radius 3 is 2.44 bits per heavy atom. The van der Waals surface area contributed by atoms with Gasteiger partial charge in [0.25, 0.3) is 0 Å². The smallest absolute Gasteiger partial charge is 0.200 e. The summed E-state index contributed by atoms with van der Waals surface area (Å²) in [4.78, 5) is 14.7. The summed E-state index contributed by atoms with van der Waals surface area (Å²) < 4.78 is 19.4. The zero-order valence-electron chi connectivity index (χ0n) is 23.7. The second kappa shape index (κ2) is 9.75. The van der Waals surface area contributed by atoms with Gasteiger partial charge in [-0.1, -0.05) is 25.0 Å². The Bertz CT molecular complexity index is 1520. The third-order valence-electron chi connectivity index (χ3n) is 10.1. The zero-order valence-corrected chi connectivity index (χ0v) is 23.7. The van der Waals surface area contributed by atoms with Gasteiger partial charge in [0.15, 0.2) is 0 Å². The lowest BCUT2D eigenvalue weighted by molar-refractivity contribution is -0.0230. The number of rotatable bonds is 5. The maximum absolute atomic E-state index is 14.7. The zero-order chi connectivity index (χ0) is 28.5. The molecule has 41 heavy (non-hydrogen) atoms. The number of hydrogen-bond acceptors (Lipinski definition) is 8. The summed E-state index contributed by atoms with van der Waals surface area (Å²) in [6.45, 7) is 3.45. The molecule has 2 aromatic carbocycles. The molecule has 0 amide bonds. The number of ether oxygens (including phenoxy) is 2. The molecule has 1 aromatic heterocycles. The Kier molecular flexibility index (Phi) is 6.37. The monoisotopic (exact) mass is 561 g/mol. The largest absolute Gasteiger partial charge is 0.489 e. The summed E-state index contributed by atoms with van der Waals surface area (Å²) in [5, 5.41) is 32.3. The number of aliphatic hydroxyl groups excluding tert-OH is 1. The molecule has 3 aromatic rings. The van der Waals surface area contributed by atoms with Crippen molar-refractivity contribution in [3.63, 3.8) is 0 Å². The molecule has 7 rings (SSSR count). The van der Waals surface area contributed by atoms with Crippen LogP contribution in [0.1, 0.15) is 106 Å². The molecule has 0 radical (unpaired) electrons. The molecule has 0 saturated heterocycles. The van der Waals surface area contributed by atoms with Crippen LogP contribution in [0.2, 0.25) is 0 Å². The van der Waals surface area contributed by atoms with Gasteiger partial charge in [0.2, 0.25) is 5.43 Å². The first-order valence-corrected chi connectivity index (χ1v) is 15.1. The lowest BCUT2D eigenvalue weighted by atomic mass is 9.64. The standard InChI is InChI=1S/C33H39NO7/c1-32(2,37)25-15-21-23(40-25)16-24-27(29(21)39-20-7-3-4-8-20)28(35)26-22(18-9-11-19(34-38)12-10-18)17-33(13-5-6-14-33)31(36)30(26)41-24/h9-12,16,20,22,25,31,34,36-38H,3-8,13-15,17H2,1-2H3. The fraction of sp³-hybridized carbons (Fsp3) is 0.545. The van der Waals surface area contributed by atoms with E-state index in [9.17, 15) is 20.2 Å². The van der Waals surface area contributed by atoms with E-state index in [0.717, 1.165) is 62.5 Å². The van der Waals surface area contributed by atoms with Gasteiger partial charge in [-0.2, -0.15) is 0 Å². The normalized spacial score (nSPS) is 25.3. The van der Waals surface area contributed by atoms with Crippen LogP contribution < -0.4 is 20.4 Å². The Morgan fingerprint density at radius 2 is 1.78 bits per heavy atom. The van der Waals surface area contributed by atoms with Crippen LogP contribution in [0.25, 0.3) is 11.0 Å². The molecule has 3 unspecified atom stereocenters. The maximum Gasteiger partial charge on any atom is 0.200 e. The van der Waals surface area contributed by atoms with Crippen LogP contribution in [-0.2, 0) is 6.42 Å². The van der Waals surface area contributed by atoms with E-state index in [4.69, 9.17) is 13.9 Å². The highest BCUT2D eigenvalue weighted by Gasteiger charge is 2.51. The highest BCUT2D eigenvalue weighted by Crippen LogP contribution is 2.59. The average Bonchev–Trinajstić information content (AvgIpc) is 3.72. The minimum atomic E-state index is -1.09. The predicted molar refractivity (Wildman–Crippen MR) is 154 cm³/mol. The van der Waals surface area contributed by atoms with Gasteiger partial charge in [-0.15, -0.1) is 0 Å². The van der Waals surface area contributed by atoms with Gasteiger partial charge in [0.05, 0.1) is 17.4 Å². The van der Waals surface area contributed by atoms with Gasteiger partial charge in [-0.3, -0.25) is 15.5 Å². The molecule has 0 bridgehead atoms. The molecule has 1 spiro atoms. The minimum Gasteiger partial charge on any atom is -0.489 e. The van der Waals surface area contributed by atoms with Crippen molar-refractivity contribution in [2.24, 2.45) is 5.41 Å². The molecule has 3 atom stereocenters. The summed E-state index contributed by atoms with van der Waals surface area (Å²) in [5.74, 6) is 1.13. The van der Waals surface area contributed by atoms with E-state index in [-0.39, 0.29) is 22.9 Å². The number of hydrogen-bond donors (Lipinski definition) is 4. The van der Waals surface area contributed by atoms with Crippen LogP contribution in [0.4, 0.5) is 5.69 Å². The third-order valence-corrected chi connectivity index (χ3v) is 10.1. The predicted octanol–water partition coefficient (Wildman–Crippen LogP) is 6.12. The third kappa shape index (κ3) is 4.34. The van der Waals surface area contributed by atoms with Crippen LogP contribution in [0.5, 0.6) is 11.5 Å². The Balaban J connectivity index is 1.46. The number of benzene rings is 2. The van der Waals surface area contributed by atoms with Crippen molar-refractivity contribution in [3.8, 4) is 11.5 Å². The molecular formula is C33H39NO7. The van der Waals surface area contributed by atoms with E-state index in [1.54, 1.807) is 32.0 Å². The number of fused-ring (bicyclic) bond motifs is 3. The second-order valence-electron chi connectivity index (χ2n) is 13.2. The average molecular weight is 562 g/mol. The van der Waals surface area contributed by atoms with E-state index in [2.05, 4.69) is 5.48 Å². The molecule has 1 aliphatic heterocycles. The fourth-order valence-corrected chi connectivity index (χ4v) is 7.81. The van der Waals surface area contributed by atoms with Crippen molar-refractivity contribution in [2.45, 2.75) is 108 Å². The van der Waals surface area contributed by atoms with Gasteiger partial charge in [-0.25, -0.2) is 0 Å². The molecule has 2 fully saturated rings. The summed E-state index contributed by atoms with van der Waals surface area (Å²) in [6, 6.07) is 9.19. The first-order chi connectivity index (χ1) is 19.7. The topological polar surface area (TPSA) is 121 Å². The maximum atomic E-state index is 14.7. The molecular weight excluding hydrogens is 522 g/mol. The van der Waals surface area contributed by atoms with Crippen molar-refractivity contribution in [1.82, 2.24) is 0 Å². The summed E-state index contributed by atoms with van der Waals surface area (Å²) >= 11 is 0. The Labute approximate surface area is 239 Å². The SMILES string of the molecule is CC(C)(O)C1Cc2c(cc3oc4c(c(=O)c3c2OC2CCCC2)C(c2ccc(NO)cc2)CC2(CCCC2)C4O)O1. The van der Waals surface area contributed by atoms with E-state index in [1.807, 2.05) is 12.1 Å². The Hall–Kier alpha value is -3.07. The van der Waals surface area contributed by atoms with Crippen LogP contribution in [-0.4, -0.2) is 33.2 Å². The quantitative estimate of drug-likeness (QED) is 0.275. The first kappa shape index (κ1) is 26.8. The van der Waals surface area contributed by atoms with E-state index in [1.165, 1.54) is 0 Å². The number of anilines is 1. The molecule has 4 aliphatic rings. The van der Waals surface area contributed by atoms with Crippen LogP contribution in [0.3, 0.4) is 0 Å². The molecule has 2 heterocycles. The fourth-order valence-electron chi connectivity index (χ4n) is 7.81. The van der Waals surface area contributed by atoms with Crippen molar-refractivity contribution >= 4 is 16.7 Å². The van der Waals surface area contributed by atoms with E-state index in [0.29, 0.717) is 52.3 Å². The molecule has 2 saturated carbocycles. The summed E-state index contributed by atoms with van der Waals surface area (Å²) in [5.41, 5.74) is 3.70. The summed E-state index contributed by atoms with van der Waals surface area (Å²) in [6.07, 6.45) is 7.53. The van der Waals surface area contributed by atoms with Gasteiger partial charge < -0.3 is 24.1 Å². The molecule has 4 N–H and O–H groups in total. The van der Waals surface area contributed by atoms with Crippen molar-refractivity contribution in [2.75, 3.05) is 5.48 Å². The lowest BCUT2D eigenvalue weighted by Gasteiger charge is -2.42. The summed E-state index contributed by atoms with van der Waals surface area (Å²) in [7, 11) is 0. The highest BCUT2D eigenvalue weighted by molar-refractivity contribution is 5.88. The number of nitrogens with one attached hydrogen (secondary N) is 1. The lowest BCUT2D eigenvalue weighted by Crippen LogP contribution is -2.39. The second-order valence-corrected chi connectivity index (χ2v) is 13.2. The van der Waals surface area contributed by atoms with Gasteiger partial charge in [-0.05, 0) is 76.5 Å². The van der Waals surface area contributed by atoms with Crippen LogP contribution in [0, 0.1) is 5.41 Å². The minimum absolute atomic E-state index is 0.00277. The van der Waals surface area contributed by atoms with Crippen molar-refractivity contribution in [1.29, 1.82) is 0 Å². The van der Waals surface area contributed by atoms with Gasteiger partial charge in [0, 0.05) is 34.9 Å². The van der Waals surface area contributed by atoms with Crippen molar-refractivity contribution < 1.29 is 29.3 Å². The number of aliphatic hydroxyl groups is 2. The molecule has 3 aliphatic carbocycles. The van der Waals surface area contributed by atoms with Crippen LogP contribution >= 0.6 is 0 Å². The molecule has 218 valence electrons.